The first-order valence-corrected chi connectivity index (χ1v) is 11.8. The van der Waals surface area contributed by atoms with Gasteiger partial charge >= 0.3 is 0 Å². The molecule has 3 rings (SSSR count). The molecule has 1 heterocycles. The molecule has 0 spiro atoms. The molecule has 0 unspecified atom stereocenters. The molecule has 1 amide bonds. The number of methoxy groups -OCH3 is 1. The van der Waals surface area contributed by atoms with Gasteiger partial charge in [-0.25, -0.2) is 8.42 Å². The highest BCUT2D eigenvalue weighted by Gasteiger charge is 2.32. The smallest absolute Gasteiger partial charge is 0.244 e. The number of rotatable bonds is 7. The summed E-state index contributed by atoms with van der Waals surface area (Å²) in [6, 6.07) is 9.30. The Balaban J connectivity index is 1.85. The minimum Gasteiger partial charge on any atom is -0.495 e. The third kappa shape index (κ3) is 5.04. The number of amides is 1. The minimum atomic E-state index is -3.77. The van der Waals surface area contributed by atoms with Gasteiger partial charge < -0.3 is 19.5 Å². The Morgan fingerprint density at radius 1 is 1.10 bits per heavy atom. The van der Waals surface area contributed by atoms with E-state index in [-0.39, 0.29) is 6.04 Å². The summed E-state index contributed by atoms with van der Waals surface area (Å²) in [4.78, 5) is 13.0. The van der Waals surface area contributed by atoms with Crippen molar-refractivity contribution in [2.75, 3.05) is 30.9 Å². The summed E-state index contributed by atoms with van der Waals surface area (Å²) in [5.41, 5.74) is 1.99. The van der Waals surface area contributed by atoms with Gasteiger partial charge in [0.2, 0.25) is 15.9 Å². The standard InChI is InChI=1S/C22H28N2O6S/c1-14-6-8-19(28-4)18(12-14)24(31(5,26)27)16(3)22(25)23-15(2)17-7-9-20-21(13-17)30-11-10-29-20/h6-9,12-13,15-16H,10-11H2,1-5H3,(H,23,25)/t15-,16+/m0/s1. The number of sulfonamides is 1. The van der Waals surface area contributed by atoms with E-state index in [4.69, 9.17) is 14.2 Å². The van der Waals surface area contributed by atoms with Crippen LogP contribution in [0.5, 0.6) is 17.2 Å². The van der Waals surface area contributed by atoms with Crippen molar-refractivity contribution >= 4 is 21.6 Å². The molecule has 0 fully saturated rings. The van der Waals surface area contributed by atoms with Crippen LogP contribution in [0.4, 0.5) is 5.69 Å². The molecule has 0 radical (unpaired) electrons. The molecule has 0 saturated carbocycles. The zero-order valence-corrected chi connectivity index (χ0v) is 19.2. The lowest BCUT2D eigenvalue weighted by Gasteiger charge is -2.30. The molecule has 2 atom stereocenters. The van der Waals surface area contributed by atoms with Crippen LogP contribution in [-0.4, -0.2) is 46.9 Å². The van der Waals surface area contributed by atoms with Gasteiger partial charge in [0, 0.05) is 0 Å². The largest absolute Gasteiger partial charge is 0.495 e. The molecule has 9 heteroatoms. The number of nitrogens with one attached hydrogen (secondary N) is 1. The van der Waals surface area contributed by atoms with Crippen LogP contribution in [0.2, 0.25) is 0 Å². The topological polar surface area (TPSA) is 94.2 Å². The highest BCUT2D eigenvalue weighted by Crippen LogP contribution is 2.34. The maximum atomic E-state index is 13.0. The molecule has 8 nitrogen and oxygen atoms in total. The number of carbonyl (C=O) groups excluding carboxylic acids is 1. The summed E-state index contributed by atoms with van der Waals surface area (Å²) in [5, 5.41) is 2.89. The lowest BCUT2D eigenvalue weighted by Crippen LogP contribution is -2.48. The molecule has 0 aromatic heterocycles. The van der Waals surface area contributed by atoms with Crippen molar-refractivity contribution in [1.82, 2.24) is 5.32 Å². The van der Waals surface area contributed by atoms with Gasteiger partial charge in [-0.2, -0.15) is 0 Å². The summed E-state index contributed by atoms with van der Waals surface area (Å²) in [5.74, 6) is 1.23. The summed E-state index contributed by atoms with van der Waals surface area (Å²) in [7, 11) is -2.31. The van der Waals surface area contributed by atoms with E-state index >= 15 is 0 Å². The fraction of sp³-hybridized carbons (Fsp3) is 0.409. The highest BCUT2D eigenvalue weighted by molar-refractivity contribution is 7.92. The van der Waals surface area contributed by atoms with Crippen molar-refractivity contribution in [1.29, 1.82) is 0 Å². The van der Waals surface area contributed by atoms with E-state index in [0.29, 0.717) is 36.1 Å². The van der Waals surface area contributed by atoms with Crippen molar-refractivity contribution in [2.45, 2.75) is 32.9 Å². The van der Waals surface area contributed by atoms with Gasteiger partial charge in [-0.1, -0.05) is 12.1 Å². The van der Waals surface area contributed by atoms with Crippen LogP contribution in [-0.2, 0) is 14.8 Å². The summed E-state index contributed by atoms with van der Waals surface area (Å²) in [6.07, 6.45) is 1.07. The van der Waals surface area contributed by atoms with Crippen molar-refractivity contribution < 1.29 is 27.4 Å². The second kappa shape index (κ2) is 9.05. The maximum absolute atomic E-state index is 13.0. The Morgan fingerprint density at radius 3 is 2.42 bits per heavy atom. The molecule has 0 bridgehead atoms. The number of ether oxygens (including phenoxy) is 3. The second-order valence-electron chi connectivity index (χ2n) is 7.54. The normalized spacial score (nSPS) is 15.0. The Kier molecular flexibility index (Phi) is 6.64. The van der Waals surface area contributed by atoms with E-state index in [1.165, 1.54) is 7.11 Å². The number of hydrogen-bond acceptors (Lipinski definition) is 6. The van der Waals surface area contributed by atoms with E-state index in [0.717, 1.165) is 21.7 Å². The van der Waals surface area contributed by atoms with Gasteiger partial charge in [-0.05, 0) is 56.2 Å². The zero-order valence-electron chi connectivity index (χ0n) is 18.3. The van der Waals surface area contributed by atoms with Crippen molar-refractivity contribution in [2.24, 2.45) is 0 Å². The van der Waals surface area contributed by atoms with Gasteiger partial charge in [0.1, 0.15) is 25.0 Å². The average molecular weight is 449 g/mol. The Bertz CT molecular complexity index is 1070. The van der Waals surface area contributed by atoms with E-state index in [9.17, 15) is 13.2 Å². The number of nitrogens with zero attached hydrogens (tertiary/aromatic N) is 1. The number of fused-ring (bicyclic) bond motifs is 1. The predicted molar refractivity (Wildman–Crippen MR) is 119 cm³/mol. The van der Waals surface area contributed by atoms with Gasteiger partial charge in [-0.3, -0.25) is 9.10 Å². The molecule has 2 aromatic carbocycles. The summed E-state index contributed by atoms with van der Waals surface area (Å²) in [6.45, 7) is 6.19. The van der Waals surface area contributed by atoms with Gasteiger partial charge in [0.05, 0.1) is 25.1 Å². The van der Waals surface area contributed by atoms with Crippen LogP contribution in [0.15, 0.2) is 36.4 Å². The molecule has 31 heavy (non-hydrogen) atoms. The molecular formula is C22H28N2O6S. The summed E-state index contributed by atoms with van der Waals surface area (Å²) >= 11 is 0. The molecular weight excluding hydrogens is 420 g/mol. The van der Waals surface area contributed by atoms with Crippen LogP contribution in [0.25, 0.3) is 0 Å². The maximum Gasteiger partial charge on any atom is 0.244 e. The van der Waals surface area contributed by atoms with E-state index < -0.39 is 22.0 Å². The lowest BCUT2D eigenvalue weighted by molar-refractivity contribution is -0.122. The van der Waals surface area contributed by atoms with E-state index in [1.54, 1.807) is 25.1 Å². The van der Waals surface area contributed by atoms with Crippen molar-refractivity contribution in [3.8, 4) is 17.2 Å². The molecule has 1 N–H and O–H groups in total. The van der Waals surface area contributed by atoms with Gasteiger partial charge in [0.15, 0.2) is 11.5 Å². The number of hydrogen-bond donors (Lipinski definition) is 1. The third-order valence-electron chi connectivity index (χ3n) is 5.09. The summed E-state index contributed by atoms with van der Waals surface area (Å²) < 4.78 is 42.8. The molecule has 0 saturated heterocycles. The third-order valence-corrected chi connectivity index (χ3v) is 6.31. The monoisotopic (exact) mass is 448 g/mol. The molecule has 2 aromatic rings. The first kappa shape index (κ1) is 22.7. The van der Waals surface area contributed by atoms with Crippen LogP contribution in [0, 0.1) is 6.92 Å². The average Bonchev–Trinajstić information content (AvgIpc) is 2.72. The predicted octanol–water partition coefficient (Wildman–Crippen LogP) is 2.81. The Labute approximate surface area is 183 Å². The number of aryl methyl sites for hydroxylation is 1. The van der Waals surface area contributed by atoms with Crippen LogP contribution in [0.3, 0.4) is 0 Å². The fourth-order valence-corrected chi connectivity index (χ4v) is 4.67. The Morgan fingerprint density at radius 2 is 1.77 bits per heavy atom. The van der Waals surface area contributed by atoms with E-state index in [1.807, 2.05) is 32.0 Å². The van der Waals surface area contributed by atoms with Crippen molar-refractivity contribution in [3.63, 3.8) is 0 Å². The molecule has 1 aliphatic rings. The lowest BCUT2D eigenvalue weighted by atomic mass is 10.1. The fourth-order valence-electron chi connectivity index (χ4n) is 3.50. The SMILES string of the molecule is COc1ccc(C)cc1N([C@H](C)C(=O)N[C@@H](C)c1ccc2c(c1)OCCO2)S(C)(=O)=O. The Hall–Kier alpha value is -2.94. The first-order valence-electron chi connectivity index (χ1n) is 9.95. The van der Waals surface area contributed by atoms with Crippen LogP contribution in [0.1, 0.15) is 31.0 Å². The first-order chi connectivity index (χ1) is 14.6. The minimum absolute atomic E-state index is 0.319. The zero-order chi connectivity index (χ0) is 22.8. The number of anilines is 1. The quantitative estimate of drug-likeness (QED) is 0.700. The van der Waals surface area contributed by atoms with Gasteiger partial charge in [0.25, 0.3) is 0 Å². The van der Waals surface area contributed by atoms with Crippen molar-refractivity contribution in [3.05, 3.63) is 47.5 Å². The molecule has 1 aliphatic heterocycles. The van der Waals surface area contributed by atoms with Gasteiger partial charge in [-0.15, -0.1) is 0 Å². The highest BCUT2D eigenvalue weighted by atomic mass is 32.2. The van der Waals surface area contributed by atoms with E-state index in [2.05, 4.69) is 5.32 Å². The van der Waals surface area contributed by atoms with Crippen LogP contribution >= 0.6 is 0 Å². The van der Waals surface area contributed by atoms with Crippen LogP contribution < -0.4 is 23.8 Å². The number of benzene rings is 2. The molecule has 0 aliphatic carbocycles. The number of carbonyl (C=O) groups is 1. The second-order valence-corrected chi connectivity index (χ2v) is 9.40. The molecule has 168 valence electrons.